The molecule has 1 aliphatic heterocycles. The van der Waals surface area contributed by atoms with Gasteiger partial charge in [0.2, 0.25) is 5.91 Å². The fourth-order valence-electron chi connectivity index (χ4n) is 3.00. The third kappa shape index (κ3) is 3.92. The maximum absolute atomic E-state index is 12.3. The Balaban J connectivity index is 1.48. The molecule has 0 aliphatic carbocycles. The second kappa shape index (κ2) is 7.93. The van der Waals surface area contributed by atoms with E-state index < -0.39 is 0 Å². The van der Waals surface area contributed by atoms with Crippen LogP contribution >= 0.6 is 11.3 Å². The Kier molecular flexibility index (Phi) is 5.44. The Morgan fingerprint density at radius 2 is 2.21 bits per heavy atom. The summed E-state index contributed by atoms with van der Waals surface area (Å²) in [5.74, 6) is 0.933. The highest BCUT2D eigenvalue weighted by molar-refractivity contribution is 7.09. The molecule has 0 aromatic carbocycles. The average molecular weight is 340 g/mol. The predicted molar refractivity (Wildman–Crippen MR) is 94.9 cm³/mol. The van der Waals surface area contributed by atoms with Crippen LogP contribution in [0.1, 0.15) is 23.3 Å². The predicted octanol–water partition coefficient (Wildman–Crippen LogP) is 2.59. The molecular formula is C18H20N4OS. The van der Waals surface area contributed by atoms with Crippen molar-refractivity contribution in [2.75, 3.05) is 24.5 Å². The first-order valence-corrected chi connectivity index (χ1v) is 9.06. The monoisotopic (exact) mass is 340 g/mol. The van der Waals surface area contributed by atoms with Crippen molar-refractivity contribution in [3.05, 3.63) is 46.3 Å². The van der Waals surface area contributed by atoms with E-state index in [-0.39, 0.29) is 11.8 Å². The first-order chi connectivity index (χ1) is 11.8. The molecule has 124 valence electrons. The number of thiophene rings is 1. The Labute approximate surface area is 145 Å². The minimum atomic E-state index is 0.0545. The molecule has 1 amide bonds. The number of rotatable bonds is 5. The van der Waals surface area contributed by atoms with Crippen LogP contribution in [0.25, 0.3) is 0 Å². The third-order valence-electron chi connectivity index (χ3n) is 4.32. The minimum Gasteiger partial charge on any atom is -0.355 e. The largest absolute Gasteiger partial charge is 0.355 e. The molecule has 0 unspecified atom stereocenters. The summed E-state index contributed by atoms with van der Waals surface area (Å²) in [6.07, 6.45) is 4.19. The molecule has 0 spiro atoms. The normalized spacial score (nSPS) is 15.0. The van der Waals surface area contributed by atoms with E-state index in [4.69, 9.17) is 0 Å². The molecule has 1 fully saturated rings. The van der Waals surface area contributed by atoms with Gasteiger partial charge < -0.3 is 10.2 Å². The number of hydrogen-bond donors (Lipinski definition) is 1. The van der Waals surface area contributed by atoms with Gasteiger partial charge >= 0.3 is 0 Å². The van der Waals surface area contributed by atoms with Gasteiger partial charge in [-0.05, 0) is 42.8 Å². The van der Waals surface area contributed by atoms with Gasteiger partial charge in [-0.2, -0.15) is 5.26 Å². The third-order valence-corrected chi connectivity index (χ3v) is 5.26. The van der Waals surface area contributed by atoms with Crippen LogP contribution < -0.4 is 10.2 Å². The maximum Gasteiger partial charge on any atom is 0.223 e. The molecule has 0 atom stereocenters. The van der Waals surface area contributed by atoms with E-state index in [1.165, 1.54) is 4.88 Å². The van der Waals surface area contributed by atoms with Crippen LogP contribution in [0, 0.1) is 17.2 Å². The van der Waals surface area contributed by atoms with Gasteiger partial charge in [0.25, 0.3) is 0 Å². The van der Waals surface area contributed by atoms with Crippen LogP contribution in [-0.2, 0) is 11.2 Å². The molecule has 1 saturated heterocycles. The number of carbonyl (C=O) groups is 1. The first kappa shape index (κ1) is 16.5. The molecule has 2 aromatic rings. The van der Waals surface area contributed by atoms with Crippen LogP contribution in [0.3, 0.4) is 0 Å². The number of nitrogens with zero attached hydrogens (tertiary/aromatic N) is 3. The fourth-order valence-corrected chi connectivity index (χ4v) is 3.71. The molecule has 6 heteroatoms. The van der Waals surface area contributed by atoms with Crippen molar-refractivity contribution in [1.29, 1.82) is 5.26 Å². The summed E-state index contributed by atoms with van der Waals surface area (Å²) < 4.78 is 0. The van der Waals surface area contributed by atoms with Crippen molar-refractivity contribution in [3.8, 4) is 6.07 Å². The Hall–Kier alpha value is -2.39. The average Bonchev–Trinajstić information content (AvgIpc) is 3.15. The molecule has 1 aliphatic rings. The topological polar surface area (TPSA) is 69.0 Å². The van der Waals surface area contributed by atoms with Gasteiger partial charge in [0.15, 0.2) is 0 Å². The number of aromatic nitrogens is 1. The lowest BCUT2D eigenvalue weighted by Gasteiger charge is -2.32. The number of anilines is 1. The lowest BCUT2D eigenvalue weighted by molar-refractivity contribution is -0.125. The van der Waals surface area contributed by atoms with E-state index in [9.17, 15) is 10.1 Å². The number of nitriles is 1. The van der Waals surface area contributed by atoms with Gasteiger partial charge in [-0.25, -0.2) is 4.98 Å². The molecule has 1 N–H and O–H groups in total. The smallest absolute Gasteiger partial charge is 0.223 e. The van der Waals surface area contributed by atoms with E-state index in [1.807, 2.05) is 6.07 Å². The summed E-state index contributed by atoms with van der Waals surface area (Å²) in [4.78, 5) is 20.0. The van der Waals surface area contributed by atoms with Crippen LogP contribution in [-0.4, -0.2) is 30.5 Å². The maximum atomic E-state index is 12.3. The molecule has 24 heavy (non-hydrogen) atoms. The summed E-state index contributed by atoms with van der Waals surface area (Å²) >= 11 is 1.72. The van der Waals surface area contributed by atoms with Crippen molar-refractivity contribution < 1.29 is 4.79 Å². The summed E-state index contributed by atoms with van der Waals surface area (Å²) in [6, 6.07) is 9.87. The number of amides is 1. The van der Waals surface area contributed by atoms with Gasteiger partial charge in [0.05, 0.1) is 5.56 Å². The standard InChI is InChI=1S/C18H20N4OS/c19-13-15-3-1-8-20-17(15)22-10-6-14(7-11-22)18(23)21-9-5-16-4-2-12-24-16/h1-4,8,12,14H,5-7,9-11H2,(H,21,23). The molecule has 0 saturated carbocycles. The molecule has 2 aromatic heterocycles. The van der Waals surface area contributed by atoms with Crippen LogP contribution in [0.4, 0.5) is 5.82 Å². The van der Waals surface area contributed by atoms with Crippen molar-refractivity contribution in [1.82, 2.24) is 10.3 Å². The lowest BCUT2D eigenvalue weighted by Crippen LogP contribution is -2.41. The molecule has 3 heterocycles. The van der Waals surface area contributed by atoms with Crippen molar-refractivity contribution in [2.24, 2.45) is 5.92 Å². The van der Waals surface area contributed by atoms with Gasteiger partial charge in [-0.1, -0.05) is 6.07 Å². The molecule has 5 nitrogen and oxygen atoms in total. The fraction of sp³-hybridized carbons (Fsp3) is 0.389. The van der Waals surface area contributed by atoms with Crippen molar-refractivity contribution in [2.45, 2.75) is 19.3 Å². The van der Waals surface area contributed by atoms with E-state index in [1.54, 1.807) is 29.7 Å². The second-order valence-corrected chi connectivity index (χ2v) is 6.90. The number of piperidine rings is 1. The summed E-state index contributed by atoms with van der Waals surface area (Å²) in [7, 11) is 0. The van der Waals surface area contributed by atoms with Crippen molar-refractivity contribution in [3.63, 3.8) is 0 Å². The Bertz CT molecular complexity index is 715. The van der Waals surface area contributed by atoms with Gasteiger partial charge in [0.1, 0.15) is 11.9 Å². The van der Waals surface area contributed by atoms with Crippen LogP contribution in [0.2, 0.25) is 0 Å². The highest BCUT2D eigenvalue weighted by Crippen LogP contribution is 2.24. The Morgan fingerprint density at radius 3 is 2.92 bits per heavy atom. The number of hydrogen-bond acceptors (Lipinski definition) is 5. The first-order valence-electron chi connectivity index (χ1n) is 8.18. The molecule has 0 bridgehead atoms. The highest BCUT2D eigenvalue weighted by atomic mass is 32.1. The van der Waals surface area contributed by atoms with Gasteiger partial charge in [-0.3, -0.25) is 4.79 Å². The molecule has 0 radical (unpaired) electrons. The Morgan fingerprint density at radius 1 is 1.38 bits per heavy atom. The van der Waals surface area contributed by atoms with Gasteiger partial charge in [-0.15, -0.1) is 11.3 Å². The minimum absolute atomic E-state index is 0.0545. The highest BCUT2D eigenvalue weighted by Gasteiger charge is 2.26. The zero-order valence-electron chi connectivity index (χ0n) is 13.4. The zero-order chi connectivity index (χ0) is 16.8. The summed E-state index contributed by atoms with van der Waals surface area (Å²) in [5, 5.41) is 14.3. The SMILES string of the molecule is N#Cc1cccnc1N1CCC(C(=O)NCCc2cccs2)CC1. The lowest BCUT2D eigenvalue weighted by atomic mass is 9.95. The second-order valence-electron chi connectivity index (χ2n) is 5.87. The molecular weight excluding hydrogens is 320 g/mol. The van der Waals surface area contributed by atoms with E-state index in [0.29, 0.717) is 12.1 Å². The quantitative estimate of drug-likeness (QED) is 0.908. The molecule has 3 rings (SSSR count). The van der Waals surface area contributed by atoms with Crippen LogP contribution in [0.15, 0.2) is 35.8 Å². The van der Waals surface area contributed by atoms with E-state index >= 15 is 0 Å². The van der Waals surface area contributed by atoms with Gasteiger partial charge in [0, 0.05) is 36.6 Å². The van der Waals surface area contributed by atoms with Crippen molar-refractivity contribution >= 4 is 23.1 Å². The van der Waals surface area contributed by atoms with Crippen LogP contribution in [0.5, 0.6) is 0 Å². The zero-order valence-corrected chi connectivity index (χ0v) is 14.3. The number of pyridine rings is 1. The summed E-state index contributed by atoms with van der Waals surface area (Å²) in [5.41, 5.74) is 0.594. The van der Waals surface area contributed by atoms with E-state index in [0.717, 1.165) is 38.2 Å². The van der Waals surface area contributed by atoms with E-state index in [2.05, 4.69) is 32.7 Å². The number of nitrogens with one attached hydrogen (secondary N) is 1. The number of carbonyl (C=O) groups excluding carboxylic acids is 1. The summed E-state index contributed by atoms with van der Waals surface area (Å²) in [6.45, 7) is 2.21.